The summed E-state index contributed by atoms with van der Waals surface area (Å²) in [5, 5.41) is 4.15. The van der Waals surface area contributed by atoms with Crippen LogP contribution in [0.1, 0.15) is 39.5 Å². The Kier molecular flexibility index (Phi) is 10.6. The molecule has 3 heterocycles. The van der Waals surface area contributed by atoms with Gasteiger partial charge in [-0.15, -0.1) is 0 Å². The van der Waals surface area contributed by atoms with Gasteiger partial charge in [-0.2, -0.15) is 23.1 Å². The van der Waals surface area contributed by atoms with E-state index in [2.05, 4.69) is 20.3 Å². The number of esters is 3. The van der Waals surface area contributed by atoms with E-state index >= 15 is 0 Å². The lowest BCUT2D eigenvalue weighted by atomic mass is 9.94. The van der Waals surface area contributed by atoms with Crippen molar-refractivity contribution in [3.8, 4) is 5.88 Å². The van der Waals surface area contributed by atoms with Gasteiger partial charge in [0.1, 0.15) is 25.4 Å². The lowest BCUT2D eigenvalue weighted by molar-refractivity contribution is -0.239. The highest BCUT2D eigenvalue weighted by atomic mass is 19.4. The van der Waals surface area contributed by atoms with Crippen molar-refractivity contribution >= 4 is 46.8 Å². The Morgan fingerprint density at radius 1 is 0.936 bits per heavy atom. The largest absolute Gasteiger partial charge is 0.471 e. The minimum Gasteiger partial charge on any atom is -0.471 e. The van der Waals surface area contributed by atoms with Crippen molar-refractivity contribution in [2.24, 2.45) is 0 Å². The number of benzene rings is 1. The van der Waals surface area contributed by atoms with Crippen LogP contribution >= 0.6 is 0 Å². The normalized spacial score (nSPS) is 21.0. The second-order valence-corrected chi connectivity index (χ2v) is 10.1. The van der Waals surface area contributed by atoms with Crippen LogP contribution in [0.25, 0.3) is 11.2 Å². The summed E-state index contributed by atoms with van der Waals surface area (Å²) in [7, 11) is 0. The molecule has 3 aromatic rings. The molecule has 0 bridgehead atoms. The summed E-state index contributed by atoms with van der Waals surface area (Å²) in [4.78, 5) is 72.8. The van der Waals surface area contributed by atoms with Crippen molar-refractivity contribution < 1.29 is 60.8 Å². The van der Waals surface area contributed by atoms with Crippen molar-refractivity contribution in [3.63, 3.8) is 0 Å². The van der Waals surface area contributed by atoms with Gasteiger partial charge in [0.2, 0.25) is 17.7 Å². The molecule has 1 saturated heterocycles. The van der Waals surface area contributed by atoms with E-state index in [1.165, 1.54) is 6.92 Å². The van der Waals surface area contributed by atoms with Crippen molar-refractivity contribution in [2.45, 2.75) is 71.1 Å². The summed E-state index contributed by atoms with van der Waals surface area (Å²) in [6.45, 7) is 3.54. The SMILES string of the molecule is CC(=O)Nc1nc(OCc2ccccc2)c2ncn([C@@H]3O[C@H](COC(C)=O)[C@@H](OC(C)=O)[C@H](OC(C)=O)[C@H]3NC(=O)C(F)(F)F)c2n1. The van der Waals surface area contributed by atoms with Gasteiger partial charge in [-0.25, -0.2) is 4.98 Å². The fourth-order valence-corrected chi connectivity index (χ4v) is 4.66. The molecule has 0 saturated carbocycles. The van der Waals surface area contributed by atoms with Gasteiger partial charge in [0.15, 0.2) is 29.6 Å². The lowest BCUT2D eigenvalue weighted by Gasteiger charge is -2.45. The maximum absolute atomic E-state index is 13.6. The number of carbonyl (C=O) groups is 5. The summed E-state index contributed by atoms with van der Waals surface area (Å²) in [6, 6.07) is 6.97. The summed E-state index contributed by atoms with van der Waals surface area (Å²) in [5.74, 6) is -6.21. The molecule has 16 nitrogen and oxygen atoms in total. The molecule has 0 spiro atoms. The molecule has 0 aliphatic carbocycles. The van der Waals surface area contributed by atoms with Gasteiger partial charge in [-0.05, 0) is 5.56 Å². The van der Waals surface area contributed by atoms with Crippen LogP contribution in [0.4, 0.5) is 19.1 Å². The average molecular weight is 667 g/mol. The van der Waals surface area contributed by atoms with Crippen molar-refractivity contribution in [1.82, 2.24) is 24.8 Å². The van der Waals surface area contributed by atoms with E-state index in [0.29, 0.717) is 0 Å². The first-order valence-corrected chi connectivity index (χ1v) is 13.8. The molecule has 0 radical (unpaired) electrons. The van der Waals surface area contributed by atoms with Gasteiger partial charge in [-0.1, -0.05) is 30.3 Å². The minimum absolute atomic E-state index is 0.00737. The number of carbonyl (C=O) groups excluding carboxylic acids is 5. The van der Waals surface area contributed by atoms with Crippen LogP contribution in [0, 0.1) is 0 Å². The number of imidazole rings is 1. The molecule has 47 heavy (non-hydrogen) atoms. The molecule has 0 unspecified atom stereocenters. The number of ether oxygens (including phenoxy) is 5. The number of alkyl halides is 3. The first-order valence-electron chi connectivity index (χ1n) is 13.8. The number of nitrogens with one attached hydrogen (secondary N) is 2. The third-order valence-corrected chi connectivity index (χ3v) is 6.45. The molecular formula is C28H29F3N6O10. The van der Waals surface area contributed by atoms with E-state index in [4.69, 9.17) is 23.7 Å². The summed E-state index contributed by atoms with van der Waals surface area (Å²) in [5.41, 5.74) is 0.531. The molecule has 19 heteroatoms. The van der Waals surface area contributed by atoms with E-state index < -0.39 is 73.1 Å². The van der Waals surface area contributed by atoms with Gasteiger partial charge >= 0.3 is 30.0 Å². The molecule has 1 aliphatic heterocycles. The number of halogens is 3. The van der Waals surface area contributed by atoms with Gasteiger partial charge in [-0.3, -0.25) is 33.9 Å². The summed E-state index contributed by atoms with van der Waals surface area (Å²) >= 11 is 0. The second-order valence-electron chi connectivity index (χ2n) is 10.1. The highest BCUT2D eigenvalue weighted by Gasteiger charge is 2.54. The van der Waals surface area contributed by atoms with Crippen LogP contribution in [0.3, 0.4) is 0 Å². The molecule has 1 fully saturated rings. The van der Waals surface area contributed by atoms with Crippen LogP contribution in [-0.4, -0.2) is 86.4 Å². The molecule has 2 N–H and O–H groups in total. The Hall–Kier alpha value is -5.33. The van der Waals surface area contributed by atoms with Crippen molar-refractivity contribution in [3.05, 3.63) is 42.2 Å². The maximum Gasteiger partial charge on any atom is 0.471 e. The number of nitrogens with zero attached hydrogens (tertiary/aromatic N) is 4. The number of fused-ring (bicyclic) bond motifs is 1. The molecular weight excluding hydrogens is 637 g/mol. The Labute approximate surface area is 263 Å². The van der Waals surface area contributed by atoms with Crippen LogP contribution < -0.4 is 15.4 Å². The van der Waals surface area contributed by atoms with Crippen LogP contribution in [0.5, 0.6) is 5.88 Å². The molecule has 4 rings (SSSR count). The van der Waals surface area contributed by atoms with Crippen LogP contribution in [0.2, 0.25) is 0 Å². The maximum atomic E-state index is 13.6. The van der Waals surface area contributed by atoms with E-state index in [1.807, 2.05) is 0 Å². The monoisotopic (exact) mass is 666 g/mol. The minimum atomic E-state index is -5.41. The summed E-state index contributed by atoms with van der Waals surface area (Å²) in [6.07, 6.45) is -11.0. The predicted molar refractivity (Wildman–Crippen MR) is 150 cm³/mol. The number of anilines is 1. The topological polar surface area (TPSA) is 199 Å². The fourth-order valence-electron chi connectivity index (χ4n) is 4.66. The number of hydrogen-bond donors (Lipinski definition) is 2. The van der Waals surface area contributed by atoms with Crippen molar-refractivity contribution in [2.75, 3.05) is 11.9 Å². The molecule has 252 valence electrons. The van der Waals surface area contributed by atoms with Crippen LogP contribution in [0.15, 0.2) is 36.7 Å². The highest BCUT2D eigenvalue weighted by molar-refractivity contribution is 5.88. The Morgan fingerprint density at radius 3 is 2.19 bits per heavy atom. The first kappa shape index (κ1) is 34.5. The zero-order chi connectivity index (χ0) is 34.5. The molecule has 5 atom stereocenters. The molecule has 1 aliphatic rings. The second kappa shape index (κ2) is 14.4. The fraction of sp³-hybridized carbons (Fsp3) is 0.429. The number of hydrogen-bond acceptors (Lipinski definition) is 13. The standard InChI is InChI=1S/C28H29F3N6O10/c1-13(38)33-27-35-23-20(24(36-27)44-10-17-8-6-5-7-9-17)32-12-37(23)25-19(34-26(42)28(29,30)31)22(46-16(4)41)21(45-15(3)40)18(47-25)11-43-14(2)39/h5-9,12,18-19,21-22,25H,10-11H2,1-4H3,(H,34,42)(H,33,35,36,38)/t18-,19-,21-,22-,25-/m1/s1. The van der Waals surface area contributed by atoms with Crippen molar-refractivity contribution in [1.29, 1.82) is 0 Å². The van der Waals surface area contributed by atoms with E-state index in [-0.39, 0.29) is 29.6 Å². The average Bonchev–Trinajstić information content (AvgIpc) is 3.40. The third-order valence-electron chi connectivity index (χ3n) is 6.45. The third kappa shape index (κ3) is 8.69. The molecule has 2 aromatic heterocycles. The predicted octanol–water partition coefficient (Wildman–Crippen LogP) is 1.73. The zero-order valence-corrected chi connectivity index (χ0v) is 25.3. The number of aromatic nitrogens is 4. The van der Waals surface area contributed by atoms with Gasteiger partial charge in [0.25, 0.3) is 0 Å². The Morgan fingerprint density at radius 2 is 1.60 bits per heavy atom. The van der Waals surface area contributed by atoms with E-state index in [0.717, 1.165) is 37.2 Å². The lowest BCUT2D eigenvalue weighted by Crippen LogP contribution is -2.65. The quantitative estimate of drug-likeness (QED) is 0.234. The number of rotatable bonds is 10. The zero-order valence-electron chi connectivity index (χ0n) is 25.3. The number of amides is 2. The van der Waals surface area contributed by atoms with Gasteiger partial charge in [0.05, 0.1) is 6.33 Å². The molecule has 1 aromatic carbocycles. The van der Waals surface area contributed by atoms with Gasteiger partial charge < -0.3 is 29.0 Å². The Bertz CT molecular complexity index is 1650. The van der Waals surface area contributed by atoms with E-state index in [9.17, 15) is 37.1 Å². The summed E-state index contributed by atoms with van der Waals surface area (Å²) < 4.78 is 69.3. The van der Waals surface area contributed by atoms with Gasteiger partial charge in [0, 0.05) is 27.7 Å². The Balaban J connectivity index is 1.89. The molecule has 2 amide bonds. The first-order chi connectivity index (χ1) is 22.1. The smallest absolute Gasteiger partial charge is 0.471 e. The van der Waals surface area contributed by atoms with E-state index in [1.54, 1.807) is 35.6 Å². The highest BCUT2D eigenvalue weighted by Crippen LogP contribution is 2.36. The van der Waals surface area contributed by atoms with Crippen LogP contribution in [-0.2, 0) is 49.5 Å².